The molecule has 0 spiro atoms. The zero-order valence-corrected chi connectivity index (χ0v) is 16.0. The van der Waals surface area contributed by atoms with Gasteiger partial charge in [0.2, 0.25) is 0 Å². The first-order valence-corrected chi connectivity index (χ1v) is 10.1. The van der Waals surface area contributed by atoms with Crippen LogP contribution in [-0.2, 0) is 6.54 Å². The summed E-state index contributed by atoms with van der Waals surface area (Å²) >= 11 is 1.79. The molecule has 1 saturated heterocycles. The van der Waals surface area contributed by atoms with E-state index < -0.39 is 0 Å². The number of benzene rings is 2. The van der Waals surface area contributed by atoms with E-state index in [1.807, 2.05) is 59.5 Å². The predicted octanol–water partition coefficient (Wildman–Crippen LogP) is 4.45. The predicted molar refractivity (Wildman–Crippen MR) is 112 cm³/mol. The molecule has 1 aliphatic rings. The van der Waals surface area contributed by atoms with Gasteiger partial charge in [0.15, 0.2) is 0 Å². The Labute approximate surface area is 164 Å². The molecule has 1 amide bonds. The van der Waals surface area contributed by atoms with E-state index in [2.05, 4.69) is 27.7 Å². The molecule has 1 aromatic heterocycles. The summed E-state index contributed by atoms with van der Waals surface area (Å²) < 4.78 is 0. The number of nitrogens with zero attached hydrogens (tertiary/aromatic N) is 2. The molecule has 5 heteroatoms. The van der Waals surface area contributed by atoms with Crippen LogP contribution in [0.2, 0.25) is 0 Å². The molecule has 2 heterocycles. The maximum atomic E-state index is 13.1. The fourth-order valence-electron chi connectivity index (χ4n) is 3.36. The molecule has 0 saturated carbocycles. The van der Waals surface area contributed by atoms with Gasteiger partial charge in [0.25, 0.3) is 5.91 Å². The summed E-state index contributed by atoms with van der Waals surface area (Å²) in [4.78, 5) is 18.9. The summed E-state index contributed by atoms with van der Waals surface area (Å²) in [6, 6.07) is 22.0. The molecule has 1 aliphatic heterocycles. The Morgan fingerprint density at radius 1 is 0.889 bits per heavy atom. The SMILES string of the molecule is O=C(c1ccccc1Nc1ccccc1)N1CCN(Cc2cccs2)CC1. The molecule has 0 aliphatic carbocycles. The largest absolute Gasteiger partial charge is 0.355 e. The van der Waals surface area contributed by atoms with E-state index in [0.29, 0.717) is 0 Å². The smallest absolute Gasteiger partial charge is 0.256 e. The second-order valence-electron chi connectivity index (χ2n) is 6.68. The van der Waals surface area contributed by atoms with Crippen LogP contribution in [0.5, 0.6) is 0 Å². The molecule has 0 atom stereocenters. The van der Waals surface area contributed by atoms with Gasteiger partial charge in [-0.15, -0.1) is 11.3 Å². The van der Waals surface area contributed by atoms with E-state index >= 15 is 0 Å². The van der Waals surface area contributed by atoms with Gasteiger partial charge in [-0.25, -0.2) is 0 Å². The van der Waals surface area contributed by atoms with E-state index in [0.717, 1.165) is 49.7 Å². The summed E-state index contributed by atoms with van der Waals surface area (Å²) in [6.45, 7) is 4.34. The first kappa shape index (κ1) is 17.8. The van der Waals surface area contributed by atoms with Crippen LogP contribution in [0, 0.1) is 0 Å². The van der Waals surface area contributed by atoms with Crippen molar-refractivity contribution in [1.29, 1.82) is 0 Å². The topological polar surface area (TPSA) is 35.6 Å². The van der Waals surface area contributed by atoms with Gasteiger partial charge in [-0.1, -0.05) is 36.4 Å². The van der Waals surface area contributed by atoms with Gasteiger partial charge in [0, 0.05) is 43.3 Å². The molecule has 27 heavy (non-hydrogen) atoms. The average molecular weight is 378 g/mol. The van der Waals surface area contributed by atoms with Gasteiger partial charge in [-0.05, 0) is 35.7 Å². The van der Waals surface area contributed by atoms with Crippen molar-refractivity contribution >= 4 is 28.6 Å². The normalized spacial score (nSPS) is 14.9. The lowest BCUT2D eigenvalue weighted by Gasteiger charge is -2.34. The second-order valence-corrected chi connectivity index (χ2v) is 7.72. The molecule has 1 fully saturated rings. The lowest BCUT2D eigenvalue weighted by atomic mass is 10.1. The number of amides is 1. The number of hydrogen-bond donors (Lipinski definition) is 1. The number of anilines is 2. The molecule has 4 rings (SSSR count). The Balaban J connectivity index is 1.41. The molecule has 4 nitrogen and oxygen atoms in total. The van der Waals surface area contributed by atoms with Crippen LogP contribution >= 0.6 is 11.3 Å². The highest BCUT2D eigenvalue weighted by Gasteiger charge is 2.23. The number of piperazine rings is 1. The number of nitrogens with one attached hydrogen (secondary N) is 1. The van der Waals surface area contributed by atoms with Gasteiger partial charge in [-0.2, -0.15) is 0 Å². The number of hydrogen-bond acceptors (Lipinski definition) is 4. The first-order chi connectivity index (χ1) is 13.3. The van der Waals surface area contributed by atoms with Crippen molar-refractivity contribution < 1.29 is 4.79 Å². The summed E-state index contributed by atoms with van der Waals surface area (Å²) in [5.41, 5.74) is 2.57. The fraction of sp³-hybridized carbons (Fsp3) is 0.227. The average Bonchev–Trinajstić information content (AvgIpc) is 3.22. The van der Waals surface area contributed by atoms with Crippen molar-refractivity contribution in [2.24, 2.45) is 0 Å². The molecular formula is C22H23N3OS. The highest BCUT2D eigenvalue weighted by atomic mass is 32.1. The van der Waals surface area contributed by atoms with Crippen molar-refractivity contribution in [3.63, 3.8) is 0 Å². The maximum Gasteiger partial charge on any atom is 0.256 e. The minimum absolute atomic E-state index is 0.102. The van der Waals surface area contributed by atoms with Crippen LogP contribution in [0.4, 0.5) is 11.4 Å². The van der Waals surface area contributed by atoms with E-state index in [1.165, 1.54) is 4.88 Å². The first-order valence-electron chi connectivity index (χ1n) is 9.25. The minimum atomic E-state index is 0.102. The molecule has 0 radical (unpaired) electrons. The van der Waals surface area contributed by atoms with Gasteiger partial charge < -0.3 is 10.2 Å². The fourth-order valence-corrected chi connectivity index (χ4v) is 4.10. The standard InChI is InChI=1S/C22H23N3OS/c26-22(25-14-12-24(13-15-25)17-19-9-6-16-27-19)20-10-4-5-11-21(20)23-18-7-2-1-3-8-18/h1-11,16,23H,12-15,17H2. The highest BCUT2D eigenvalue weighted by Crippen LogP contribution is 2.23. The third kappa shape index (κ3) is 4.38. The molecule has 0 unspecified atom stereocenters. The van der Waals surface area contributed by atoms with Crippen LogP contribution in [0.3, 0.4) is 0 Å². The summed E-state index contributed by atoms with van der Waals surface area (Å²) in [5.74, 6) is 0.102. The Hall–Kier alpha value is -2.63. The van der Waals surface area contributed by atoms with Crippen LogP contribution < -0.4 is 5.32 Å². The van der Waals surface area contributed by atoms with Crippen LogP contribution in [0.25, 0.3) is 0 Å². The minimum Gasteiger partial charge on any atom is -0.355 e. The number of para-hydroxylation sites is 2. The lowest BCUT2D eigenvalue weighted by molar-refractivity contribution is 0.0630. The molecular weight excluding hydrogens is 354 g/mol. The van der Waals surface area contributed by atoms with Crippen LogP contribution in [-0.4, -0.2) is 41.9 Å². The number of carbonyl (C=O) groups is 1. The van der Waals surface area contributed by atoms with Crippen LogP contribution in [0.15, 0.2) is 72.1 Å². The van der Waals surface area contributed by atoms with E-state index in [-0.39, 0.29) is 5.91 Å². The third-order valence-corrected chi connectivity index (χ3v) is 5.69. The summed E-state index contributed by atoms with van der Waals surface area (Å²) in [7, 11) is 0. The highest BCUT2D eigenvalue weighted by molar-refractivity contribution is 7.09. The summed E-state index contributed by atoms with van der Waals surface area (Å²) in [6.07, 6.45) is 0. The number of carbonyl (C=O) groups excluding carboxylic acids is 1. The second kappa shape index (κ2) is 8.37. The maximum absolute atomic E-state index is 13.1. The monoisotopic (exact) mass is 377 g/mol. The Morgan fingerprint density at radius 3 is 2.37 bits per heavy atom. The third-order valence-electron chi connectivity index (χ3n) is 4.83. The molecule has 138 valence electrons. The Morgan fingerprint density at radius 2 is 1.63 bits per heavy atom. The number of rotatable bonds is 5. The van der Waals surface area contributed by atoms with E-state index in [4.69, 9.17) is 0 Å². The quantitative estimate of drug-likeness (QED) is 0.713. The zero-order valence-electron chi connectivity index (χ0n) is 15.2. The molecule has 1 N–H and O–H groups in total. The molecule has 3 aromatic rings. The van der Waals surface area contributed by atoms with Crippen molar-refractivity contribution in [1.82, 2.24) is 9.80 Å². The van der Waals surface area contributed by atoms with Gasteiger partial charge >= 0.3 is 0 Å². The van der Waals surface area contributed by atoms with Crippen molar-refractivity contribution in [3.05, 3.63) is 82.6 Å². The van der Waals surface area contributed by atoms with Crippen LogP contribution in [0.1, 0.15) is 15.2 Å². The molecule has 2 aromatic carbocycles. The van der Waals surface area contributed by atoms with Gasteiger partial charge in [0.1, 0.15) is 0 Å². The lowest BCUT2D eigenvalue weighted by Crippen LogP contribution is -2.48. The van der Waals surface area contributed by atoms with Crippen molar-refractivity contribution in [3.8, 4) is 0 Å². The number of thiophene rings is 1. The Kier molecular flexibility index (Phi) is 5.51. The van der Waals surface area contributed by atoms with Gasteiger partial charge in [0.05, 0.1) is 11.3 Å². The van der Waals surface area contributed by atoms with Crippen molar-refractivity contribution in [2.45, 2.75) is 6.54 Å². The van der Waals surface area contributed by atoms with E-state index in [9.17, 15) is 4.79 Å². The van der Waals surface area contributed by atoms with Crippen molar-refractivity contribution in [2.75, 3.05) is 31.5 Å². The summed E-state index contributed by atoms with van der Waals surface area (Å²) in [5, 5.41) is 5.49. The Bertz CT molecular complexity index is 872. The van der Waals surface area contributed by atoms with Gasteiger partial charge in [-0.3, -0.25) is 9.69 Å². The van der Waals surface area contributed by atoms with E-state index in [1.54, 1.807) is 11.3 Å². The zero-order chi connectivity index (χ0) is 18.5. The molecule has 0 bridgehead atoms.